The third-order valence-electron chi connectivity index (χ3n) is 8.75. The number of Topliss-reactive ketones (excluding diaryl/α,β-unsaturated/α-hetero) is 1. The van der Waals surface area contributed by atoms with Crippen LogP contribution in [-0.2, 0) is 15.1 Å². The average molecular weight is 524 g/mol. The molecule has 0 radical (unpaired) electrons. The van der Waals surface area contributed by atoms with Crippen LogP contribution in [0, 0.1) is 17.3 Å². The van der Waals surface area contributed by atoms with Gasteiger partial charge in [0.2, 0.25) is 5.91 Å². The molecule has 0 bridgehead atoms. The zero-order valence-corrected chi connectivity index (χ0v) is 23.5. The SMILES string of the molecule is CC1(C(=O)CC2CCC(CC(=O)Nc3cnc(-c4ccc(C(C)(C)N)cc4)c(-c4ccccc4)c3)CC2)CC1. The Labute approximate surface area is 232 Å². The third-order valence-corrected chi connectivity index (χ3v) is 8.75. The van der Waals surface area contributed by atoms with Crippen molar-refractivity contribution in [3.63, 3.8) is 0 Å². The highest BCUT2D eigenvalue weighted by molar-refractivity contribution is 5.93. The van der Waals surface area contributed by atoms with E-state index in [4.69, 9.17) is 10.7 Å². The standard InChI is InChI=1S/C34H41N3O2/c1-33(2,35)27-15-13-26(14-16-27)32-29(25-7-5-4-6-8-25)21-28(22-36-32)37-31(39)20-24-11-9-23(10-12-24)19-30(38)34(3)17-18-34/h4-8,13-16,21-24H,9-12,17-20,35H2,1-3H3,(H,37,39). The van der Waals surface area contributed by atoms with Gasteiger partial charge in [0.25, 0.3) is 0 Å². The number of ketones is 1. The third kappa shape index (κ3) is 6.65. The van der Waals surface area contributed by atoms with Crippen LogP contribution in [0.1, 0.15) is 77.7 Å². The number of benzene rings is 2. The summed E-state index contributed by atoms with van der Waals surface area (Å²) in [6.45, 7) is 6.10. The van der Waals surface area contributed by atoms with Gasteiger partial charge in [-0.15, -0.1) is 0 Å². The molecule has 5 nitrogen and oxygen atoms in total. The summed E-state index contributed by atoms with van der Waals surface area (Å²) >= 11 is 0. The van der Waals surface area contributed by atoms with Crippen molar-refractivity contribution in [3.8, 4) is 22.4 Å². The first-order valence-corrected chi connectivity index (χ1v) is 14.4. The number of pyridine rings is 1. The molecule has 2 saturated carbocycles. The molecular formula is C34H41N3O2. The number of amides is 1. The van der Waals surface area contributed by atoms with E-state index >= 15 is 0 Å². The van der Waals surface area contributed by atoms with Crippen LogP contribution in [0.2, 0.25) is 0 Å². The topological polar surface area (TPSA) is 85.1 Å². The summed E-state index contributed by atoms with van der Waals surface area (Å²) in [6, 6.07) is 20.4. The number of hydrogen-bond acceptors (Lipinski definition) is 4. The summed E-state index contributed by atoms with van der Waals surface area (Å²) in [5.41, 5.74) is 11.5. The van der Waals surface area contributed by atoms with Gasteiger partial charge in [0.05, 0.1) is 17.6 Å². The number of rotatable bonds is 9. The van der Waals surface area contributed by atoms with E-state index in [9.17, 15) is 9.59 Å². The van der Waals surface area contributed by atoms with Gasteiger partial charge in [0, 0.05) is 34.9 Å². The van der Waals surface area contributed by atoms with Crippen molar-refractivity contribution < 1.29 is 9.59 Å². The van der Waals surface area contributed by atoms with Gasteiger partial charge in [-0.05, 0) is 81.4 Å². The molecule has 0 spiro atoms. The maximum Gasteiger partial charge on any atom is 0.224 e. The molecule has 0 aliphatic heterocycles. The molecule has 5 rings (SSSR count). The van der Waals surface area contributed by atoms with Gasteiger partial charge in [-0.2, -0.15) is 0 Å². The summed E-state index contributed by atoms with van der Waals surface area (Å²) in [6.07, 6.45) is 9.24. The molecule has 0 saturated heterocycles. The number of carbonyl (C=O) groups excluding carboxylic acids is 2. The van der Waals surface area contributed by atoms with Crippen LogP contribution in [-0.4, -0.2) is 16.7 Å². The van der Waals surface area contributed by atoms with Crippen molar-refractivity contribution in [2.45, 2.75) is 77.7 Å². The predicted molar refractivity (Wildman–Crippen MR) is 158 cm³/mol. The van der Waals surface area contributed by atoms with E-state index in [-0.39, 0.29) is 11.3 Å². The van der Waals surface area contributed by atoms with Crippen molar-refractivity contribution >= 4 is 17.4 Å². The molecule has 1 aromatic heterocycles. The number of nitrogens with zero attached hydrogens (tertiary/aromatic N) is 1. The molecule has 0 atom stereocenters. The fourth-order valence-corrected chi connectivity index (χ4v) is 5.75. The molecule has 1 heterocycles. The number of aromatic nitrogens is 1. The van der Waals surface area contributed by atoms with E-state index in [1.807, 2.05) is 38.1 Å². The van der Waals surface area contributed by atoms with Crippen LogP contribution in [0.4, 0.5) is 5.69 Å². The van der Waals surface area contributed by atoms with E-state index in [2.05, 4.69) is 48.6 Å². The van der Waals surface area contributed by atoms with E-state index in [1.165, 1.54) is 0 Å². The maximum atomic E-state index is 13.0. The second kappa shape index (κ2) is 11.1. The van der Waals surface area contributed by atoms with Gasteiger partial charge in [-0.3, -0.25) is 14.6 Å². The molecule has 0 unspecified atom stereocenters. The van der Waals surface area contributed by atoms with Crippen molar-refractivity contribution in [3.05, 3.63) is 72.4 Å². The van der Waals surface area contributed by atoms with Gasteiger partial charge in [-0.25, -0.2) is 0 Å². The van der Waals surface area contributed by atoms with Crippen LogP contribution in [0.3, 0.4) is 0 Å². The zero-order chi connectivity index (χ0) is 27.6. The summed E-state index contributed by atoms with van der Waals surface area (Å²) in [7, 11) is 0. The number of carbonyl (C=O) groups is 2. The highest BCUT2D eigenvalue weighted by Gasteiger charge is 2.44. The Morgan fingerprint density at radius 2 is 1.54 bits per heavy atom. The van der Waals surface area contributed by atoms with E-state index in [0.717, 1.165) is 72.9 Å². The van der Waals surface area contributed by atoms with Crippen LogP contribution in [0.25, 0.3) is 22.4 Å². The van der Waals surface area contributed by atoms with E-state index < -0.39 is 5.54 Å². The summed E-state index contributed by atoms with van der Waals surface area (Å²) < 4.78 is 0. The molecule has 2 fully saturated rings. The Hall–Kier alpha value is -3.31. The minimum absolute atomic E-state index is 0.0240. The van der Waals surface area contributed by atoms with E-state index in [0.29, 0.717) is 29.7 Å². The lowest BCUT2D eigenvalue weighted by Gasteiger charge is -2.28. The van der Waals surface area contributed by atoms with Crippen LogP contribution >= 0.6 is 0 Å². The van der Waals surface area contributed by atoms with Crippen molar-refractivity contribution in [1.29, 1.82) is 0 Å². The quantitative estimate of drug-likeness (QED) is 0.304. The minimum atomic E-state index is -0.409. The summed E-state index contributed by atoms with van der Waals surface area (Å²) in [4.78, 5) is 30.3. The molecule has 2 aliphatic rings. The highest BCUT2D eigenvalue weighted by atomic mass is 16.1. The molecule has 3 aromatic rings. The highest BCUT2D eigenvalue weighted by Crippen LogP contribution is 2.48. The second-order valence-corrected chi connectivity index (χ2v) is 12.6. The lowest BCUT2D eigenvalue weighted by molar-refractivity contribution is -0.125. The Bertz CT molecular complexity index is 1310. The molecule has 3 N–H and O–H groups in total. The normalized spacial score (nSPS) is 20.3. The average Bonchev–Trinajstić information content (AvgIpc) is 3.68. The number of nitrogens with one attached hydrogen (secondary N) is 1. The lowest BCUT2D eigenvalue weighted by atomic mass is 9.77. The van der Waals surface area contributed by atoms with Crippen molar-refractivity contribution in [2.75, 3.05) is 5.32 Å². The van der Waals surface area contributed by atoms with Crippen molar-refractivity contribution in [2.24, 2.45) is 23.0 Å². The number of hydrogen-bond donors (Lipinski definition) is 2. The maximum absolute atomic E-state index is 13.0. The fourth-order valence-electron chi connectivity index (χ4n) is 5.75. The van der Waals surface area contributed by atoms with Gasteiger partial charge in [0.1, 0.15) is 5.78 Å². The number of anilines is 1. The Morgan fingerprint density at radius 1 is 0.923 bits per heavy atom. The fraction of sp³-hybridized carbons (Fsp3) is 0.441. The first-order valence-electron chi connectivity index (χ1n) is 14.4. The van der Waals surface area contributed by atoms with Crippen molar-refractivity contribution in [1.82, 2.24) is 4.98 Å². The molecular weight excluding hydrogens is 482 g/mol. The molecule has 5 heteroatoms. The van der Waals surface area contributed by atoms with Gasteiger partial charge >= 0.3 is 0 Å². The predicted octanol–water partition coefficient (Wildman–Crippen LogP) is 7.50. The van der Waals surface area contributed by atoms with Gasteiger partial charge in [0.15, 0.2) is 0 Å². The summed E-state index contributed by atoms with van der Waals surface area (Å²) in [5.74, 6) is 1.35. The molecule has 39 heavy (non-hydrogen) atoms. The zero-order valence-electron chi connectivity index (χ0n) is 23.5. The minimum Gasteiger partial charge on any atom is -0.325 e. The summed E-state index contributed by atoms with van der Waals surface area (Å²) in [5, 5.41) is 3.11. The Kier molecular flexibility index (Phi) is 7.73. The monoisotopic (exact) mass is 523 g/mol. The molecule has 2 aromatic carbocycles. The van der Waals surface area contributed by atoms with E-state index in [1.54, 1.807) is 6.20 Å². The molecule has 1 amide bonds. The Morgan fingerprint density at radius 3 is 2.13 bits per heavy atom. The second-order valence-electron chi connectivity index (χ2n) is 12.6. The molecule has 204 valence electrons. The van der Waals surface area contributed by atoms with Crippen LogP contribution < -0.4 is 11.1 Å². The van der Waals surface area contributed by atoms with Crippen LogP contribution in [0.5, 0.6) is 0 Å². The Balaban J connectivity index is 1.25. The van der Waals surface area contributed by atoms with Gasteiger partial charge in [-0.1, -0.05) is 61.5 Å². The first kappa shape index (κ1) is 27.3. The molecule has 2 aliphatic carbocycles. The van der Waals surface area contributed by atoms with Gasteiger partial charge < -0.3 is 11.1 Å². The van der Waals surface area contributed by atoms with Crippen LogP contribution in [0.15, 0.2) is 66.9 Å². The lowest BCUT2D eigenvalue weighted by Crippen LogP contribution is -2.28. The largest absolute Gasteiger partial charge is 0.325 e. The first-order chi connectivity index (χ1) is 18.6. The smallest absolute Gasteiger partial charge is 0.224 e. The number of nitrogens with two attached hydrogens (primary N) is 1.